The second-order valence-corrected chi connectivity index (χ2v) is 5.28. The summed E-state index contributed by atoms with van der Waals surface area (Å²) in [6, 6.07) is 5.84. The predicted molar refractivity (Wildman–Crippen MR) is 75.3 cm³/mol. The first-order valence-electron chi connectivity index (χ1n) is 5.72. The SMILES string of the molecule is Cc1ccc(SCc2c(C(=O)O)cnn2C)c(N)c1. The summed E-state index contributed by atoms with van der Waals surface area (Å²) in [6.07, 6.45) is 1.37. The number of nitrogen functional groups attached to an aromatic ring is 1. The first kappa shape index (κ1) is 13.5. The van der Waals surface area contributed by atoms with E-state index in [-0.39, 0.29) is 5.56 Å². The molecule has 0 aliphatic rings. The van der Waals surface area contributed by atoms with E-state index >= 15 is 0 Å². The third kappa shape index (κ3) is 2.90. The summed E-state index contributed by atoms with van der Waals surface area (Å²) < 4.78 is 1.58. The fourth-order valence-electron chi connectivity index (χ4n) is 1.76. The highest BCUT2D eigenvalue weighted by Gasteiger charge is 2.15. The normalized spacial score (nSPS) is 10.6. The van der Waals surface area contributed by atoms with Crippen LogP contribution in [-0.2, 0) is 12.8 Å². The molecule has 1 aromatic heterocycles. The number of nitrogens with two attached hydrogens (primary N) is 1. The lowest BCUT2D eigenvalue weighted by molar-refractivity contribution is 0.0696. The third-order valence-electron chi connectivity index (χ3n) is 2.82. The summed E-state index contributed by atoms with van der Waals surface area (Å²) in [5.74, 6) is -0.439. The van der Waals surface area contributed by atoms with E-state index in [9.17, 15) is 4.79 Å². The third-order valence-corrected chi connectivity index (χ3v) is 3.92. The van der Waals surface area contributed by atoms with Gasteiger partial charge in [0, 0.05) is 23.4 Å². The number of thioether (sulfide) groups is 1. The molecule has 2 aromatic rings. The Morgan fingerprint density at radius 1 is 1.53 bits per heavy atom. The summed E-state index contributed by atoms with van der Waals surface area (Å²) in [7, 11) is 1.74. The number of hydrogen-bond acceptors (Lipinski definition) is 4. The Bertz CT molecular complexity index is 622. The van der Waals surface area contributed by atoms with E-state index in [2.05, 4.69) is 5.10 Å². The summed E-state index contributed by atoms with van der Waals surface area (Å²) in [4.78, 5) is 12.0. The number of aromatic carboxylic acids is 1. The number of aryl methyl sites for hydroxylation is 2. The monoisotopic (exact) mass is 277 g/mol. The molecule has 1 heterocycles. The van der Waals surface area contributed by atoms with Crippen LogP contribution in [0.2, 0.25) is 0 Å². The zero-order valence-corrected chi connectivity index (χ0v) is 11.6. The Balaban J connectivity index is 2.19. The number of carbonyl (C=O) groups is 1. The average molecular weight is 277 g/mol. The fourth-order valence-corrected chi connectivity index (χ4v) is 2.78. The summed E-state index contributed by atoms with van der Waals surface area (Å²) in [6.45, 7) is 1.98. The largest absolute Gasteiger partial charge is 0.478 e. The van der Waals surface area contributed by atoms with Gasteiger partial charge in [0.05, 0.1) is 11.9 Å². The van der Waals surface area contributed by atoms with Crippen LogP contribution >= 0.6 is 11.8 Å². The highest BCUT2D eigenvalue weighted by atomic mass is 32.2. The maximum atomic E-state index is 11.1. The Morgan fingerprint density at radius 2 is 2.26 bits per heavy atom. The van der Waals surface area contributed by atoms with E-state index in [0.717, 1.165) is 10.5 Å². The first-order chi connectivity index (χ1) is 8.99. The van der Waals surface area contributed by atoms with Gasteiger partial charge >= 0.3 is 5.97 Å². The van der Waals surface area contributed by atoms with E-state index in [1.165, 1.54) is 18.0 Å². The van der Waals surface area contributed by atoms with Gasteiger partial charge in [0.25, 0.3) is 0 Å². The second kappa shape index (κ2) is 5.36. The molecule has 100 valence electrons. The Hall–Kier alpha value is -1.95. The van der Waals surface area contributed by atoms with Gasteiger partial charge in [-0.15, -0.1) is 11.8 Å². The number of hydrogen-bond donors (Lipinski definition) is 2. The second-order valence-electron chi connectivity index (χ2n) is 4.26. The van der Waals surface area contributed by atoms with Crippen LogP contribution in [-0.4, -0.2) is 20.9 Å². The molecule has 0 atom stereocenters. The Morgan fingerprint density at radius 3 is 2.89 bits per heavy atom. The molecule has 0 amide bonds. The molecule has 1 aromatic carbocycles. The lowest BCUT2D eigenvalue weighted by Crippen LogP contribution is -2.03. The van der Waals surface area contributed by atoms with Crippen molar-refractivity contribution in [1.29, 1.82) is 0 Å². The zero-order chi connectivity index (χ0) is 14.0. The molecule has 0 spiro atoms. The predicted octanol–water partition coefficient (Wildman–Crippen LogP) is 2.30. The lowest BCUT2D eigenvalue weighted by Gasteiger charge is -2.07. The molecule has 6 heteroatoms. The maximum Gasteiger partial charge on any atom is 0.339 e. The van der Waals surface area contributed by atoms with E-state index in [4.69, 9.17) is 10.8 Å². The van der Waals surface area contributed by atoms with E-state index in [0.29, 0.717) is 17.1 Å². The first-order valence-corrected chi connectivity index (χ1v) is 6.70. The Kier molecular flexibility index (Phi) is 3.80. The number of benzene rings is 1. The van der Waals surface area contributed by atoms with Gasteiger partial charge in [0.1, 0.15) is 5.56 Å². The van der Waals surface area contributed by atoms with Gasteiger partial charge in [-0.05, 0) is 24.6 Å². The lowest BCUT2D eigenvalue weighted by atomic mass is 10.2. The maximum absolute atomic E-state index is 11.1. The molecule has 2 rings (SSSR count). The molecule has 0 aliphatic carbocycles. The molecule has 0 saturated carbocycles. The quantitative estimate of drug-likeness (QED) is 0.662. The number of aromatic nitrogens is 2. The molecule has 0 unspecified atom stereocenters. The van der Waals surface area contributed by atoms with Crippen molar-refractivity contribution in [2.45, 2.75) is 17.6 Å². The molecule has 0 fully saturated rings. The highest BCUT2D eigenvalue weighted by molar-refractivity contribution is 7.98. The standard InChI is InChI=1S/C13H15N3O2S/c1-8-3-4-12(10(14)5-8)19-7-11-9(13(17)18)6-15-16(11)2/h3-6H,7,14H2,1-2H3,(H,17,18). The van der Waals surface area contributed by atoms with E-state index in [1.807, 2.05) is 25.1 Å². The van der Waals surface area contributed by atoms with Crippen molar-refractivity contribution >= 4 is 23.4 Å². The minimum absolute atomic E-state index is 0.237. The van der Waals surface area contributed by atoms with Crippen molar-refractivity contribution in [2.24, 2.45) is 7.05 Å². The highest BCUT2D eigenvalue weighted by Crippen LogP contribution is 2.29. The number of rotatable bonds is 4. The molecule has 0 saturated heterocycles. The van der Waals surface area contributed by atoms with Gasteiger partial charge in [0.15, 0.2) is 0 Å². The minimum Gasteiger partial charge on any atom is -0.478 e. The van der Waals surface area contributed by atoms with Crippen LogP contribution in [0.1, 0.15) is 21.6 Å². The van der Waals surface area contributed by atoms with Gasteiger partial charge in [-0.2, -0.15) is 5.10 Å². The van der Waals surface area contributed by atoms with Crippen molar-refractivity contribution in [3.63, 3.8) is 0 Å². The Labute approximate surface area is 115 Å². The topological polar surface area (TPSA) is 81.1 Å². The van der Waals surface area contributed by atoms with Crippen molar-refractivity contribution in [1.82, 2.24) is 9.78 Å². The molecule has 0 radical (unpaired) electrons. The van der Waals surface area contributed by atoms with Gasteiger partial charge in [0.2, 0.25) is 0 Å². The van der Waals surface area contributed by atoms with Crippen LogP contribution in [0, 0.1) is 6.92 Å². The molecule has 0 bridgehead atoms. The van der Waals surface area contributed by atoms with Crippen LogP contribution < -0.4 is 5.73 Å². The van der Waals surface area contributed by atoms with Gasteiger partial charge in [-0.3, -0.25) is 4.68 Å². The summed E-state index contributed by atoms with van der Waals surface area (Å²) >= 11 is 1.51. The number of nitrogens with zero attached hydrogens (tertiary/aromatic N) is 2. The molecule has 0 aliphatic heterocycles. The fraction of sp³-hybridized carbons (Fsp3) is 0.231. The van der Waals surface area contributed by atoms with E-state index in [1.54, 1.807) is 11.7 Å². The van der Waals surface area contributed by atoms with Crippen LogP contribution in [0.25, 0.3) is 0 Å². The summed E-state index contributed by atoms with van der Waals surface area (Å²) in [5, 5.41) is 13.1. The summed E-state index contributed by atoms with van der Waals surface area (Å²) in [5.41, 5.74) is 8.67. The minimum atomic E-state index is -0.958. The zero-order valence-electron chi connectivity index (χ0n) is 10.8. The average Bonchev–Trinajstić information content (AvgIpc) is 2.70. The van der Waals surface area contributed by atoms with Gasteiger partial charge in [-0.25, -0.2) is 4.79 Å². The molecular formula is C13H15N3O2S. The van der Waals surface area contributed by atoms with Crippen LogP contribution in [0.3, 0.4) is 0 Å². The van der Waals surface area contributed by atoms with Crippen molar-refractivity contribution in [2.75, 3.05) is 5.73 Å². The van der Waals surface area contributed by atoms with Gasteiger partial charge in [-0.1, -0.05) is 6.07 Å². The van der Waals surface area contributed by atoms with Gasteiger partial charge < -0.3 is 10.8 Å². The number of carboxylic acid groups (broad SMARTS) is 1. The van der Waals surface area contributed by atoms with Crippen molar-refractivity contribution in [3.8, 4) is 0 Å². The van der Waals surface area contributed by atoms with E-state index < -0.39 is 5.97 Å². The van der Waals surface area contributed by atoms with Crippen molar-refractivity contribution in [3.05, 3.63) is 41.2 Å². The molecule has 19 heavy (non-hydrogen) atoms. The van der Waals surface area contributed by atoms with Crippen LogP contribution in [0.5, 0.6) is 0 Å². The molecule has 3 N–H and O–H groups in total. The molecular weight excluding hydrogens is 262 g/mol. The molecule has 5 nitrogen and oxygen atoms in total. The number of anilines is 1. The number of carboxylic acids is 1. The smallest absolute Gasteiger partial charge is 0.339 e. The van der Waals surface area contributed by atoms with Crippen LogP contribution in [0.4, 0.5) is 5.69 Å². The van der Waals surface area contributed by atoms with Crippen molar-refractivity contribution < 1.29 is 9.90 Å². The van der Waals surface area contributed by atoms with Crippen LogP contribution in [0.15, 0.2) is 29.3 Å².